The first-order chi connectivity index (χ1) is 8.66. The van der Waals surface area contributed by atoms with Gasteiger partial charge in [-0.25, -0.2) is 8.78 Å². The first-order valence-corrected chi connectivity index (χ1v) is 6.77. The largest absolute Gasteiger partial charge is 0.310 e. The van der Waals surface area contributed by atoms with Crippen LogP contribution in [0.3, 0.4) is 0 Å². The third kappa shape index (κ3) is 3.52. The maximum atomic E-state index is 12.6. The van der Waals surface area contributed by atoms with Gasteiger partial charge in [-0.15, -0.1) is 0 Å². The molecule has 0 spiro atoms. The summed E-state index contributed by atoms with van der Waals surface area (Å²) >= 11 is 0. The molecule has 0 heterocycles. The fourth-order valence-corrected chi connectivity index (χ4v) is 2.74. The highest BCUT2D eigenvalue weighted by atomic mass is 19.3. The van der Waals surface area contributed by atoms with Crippen LogP contribution in [0.5, 0.6) is 0 Å². The molecule has 0 saturated heterocycles. The highest BCUT2D eigenvalue weighted by Gasteiger charge is 2.20. The fraction of sp³-hybridized carbons (Fsp3) is 0.600. The molecule has 1 saturated carbocycles. The molecule has 1 atom stereocenters. The molecule has 18 heavy (non-hydrogen) atoms. The summed E-state index contributed by atoms with van der Waals surface area (Å²) < 4.78 is 25.1. The van der Waals surface area contributed by atoms with Crippen molar-refractivity contribution < 1.29 is 8.78 Å². The lowest BCUT2D eigenvalue weighted by atomic mass is 9.99. The number of hydrogen-bond donors (Lipinski definition) is 1. The molecule has 1 N–H and O–H groups in total. The average molecular weight is 253 g/mol. The molecule has 0 unspecified atom stereocenters. The van der Waals surface area contributed by atoms with Gasteiger partial charge < -0.3 is 5.32 Å². The zero-order chi connectivity index (χ0) is 13.0. The molecule has 1 aromatic rings. The molecule has 0 radical (unpaired) electrons. The number of benzene rings is 1. The molecular weight excluding hydrogens is 232 g/mol. The van der Waals surface area contributed by atoms with Crippen molar-refractivity contribution in [3.63, 3.8) is 0 Å². The minimum Gasteiger partial charge on any atom is -0.310 e. The molecule has 0 aromatic heterocycles. The third-order valence-electron chi connectivity index (χ3n) is 3.94. The summed E-state index contributed by atoms with van der Waals surface area (Å²) in [6.45, 7) is 2.88. The van der Waals surface area contributed by atoms with Crippen molar-refractivity contribution in [2.45, 2.75) is 51.6 Å². The molecule has 1 aliphatic rings. The Balaban J connectivity index is 1.87. The first-order valence-electron chi connectivity index (χ1n) is 6.77. The lowest BCUT2D eigenvalue weighted by molar-refractivity contribution is 0.151. The van der Waals surface area contributed by atoms with E-state index in [2.05, 4.69) is 12.2 Å². The van der Waals surface area contributed by atoms with E-state index >= 15 is 0 Å². The molecule has 3 heteroatoms. The second kappa shape index (κ2) is 6.28. The second-order valence-electron chi connectivity index (χ2n) is 5.26. The van der Waals surface area contributed by atoms with Gasteiger partial charge >= 0.3 is 0 Å². The molecule has 0 amide bonds. The Morgan fingerprint density at radius 1 is 1.28 bits per heavy atom. The van der Waals surface area contributed by atoms with Crippen LogP contribution < -0.4 is 5.32 Å². The van der Waals surface area contributed by atoms with E-state index in [1.54, 1.807) is 12.1 Å². The highest BCUT2D eigenvalue weighted by Crippen LogP contribution is 2.27. The van der Waals surface area contributed by atoms with Crippen LogP contribution >= 0.6 is 0 Å². The van der Waals surface area contributed by atoms with Crippen LogP contribution in [-0.4, -0.2) is 6.04 Å². The van der Waals surface area contributed by atoms with E-state index in [-0.39, 0.29) is 5.56 Å². The minimum absolute atomic E-state index is 0.114. The van der Waals surface area contributed by atoms with Crippen molar-refractivity contribution in [2.24, 2.45) is 5.92 Å². The zero-order valence-corrected chi connectivity index (χ0v) is 10.8. The van der Waals surface area contributed by atoms with Crippen molar-refractivity contribution in [1.29, 1.82) is 0 Å². The lowest BCUT2D eigenvalue weighted by Gasteiger charge is -2.20. The Labute approximate surface area is 108 Å². The molecule has 0 aliphatic heterocycles. The summed E-state index contributed by atoms with van der Waals surface area (Å²) in [6, 6.07) is 7.16. The molecule has 1 aliphatic carbocycles. The van der Waals surface area contributed by atoms with Gasteiger partial charge in [0.05, 0.1) is 0 Å². The van der Waals surface area contributed by atoms with Crippen LogP contribution in [0, 0.1) is 5.92 Å². The number of rotatable bonds is 5. The first kappa shape index (κ1) is 13.5. The summed E-state index contributed by atoms with van der Waals surface area (Å²) in [5.41, 5.74) is 1.06. The van der Waals surface area contributed by atoms with Gasteiger partial charge in [-0.3, -0.25) is 0 Å². The fourth-order valence-electron chi connectivity index (χ4n) is 2.74. The standard InChI is InChI=1S/C15H21F2N/c1-11(13-6-2-3-7-13)18-10-12-5-4-8-14(9-12)15(16)17/h4-5,8-9,11,13,15,18H,2-3,6-7,10H2,1H3/t11-/m1/s1. The van der Waals surface area contributed by atoms with Crippen molar-refractivity contribution in [3.8, 4) is 0 Å². The van der Waals surface area contributed by atoms with Crippen molar-refractivity contribution in [3.05, 3.63) is 35.4 Å². The Hall–Kier alpha value is -0.960. The predicted molar refractivity (Wildman–Crippen MR) is 69.7 cm³/mol. The van der Waals surface area contributed by atoms with E-state index in [9.17, 15) is 8.78 Å². The molecule has 100 valence electrons. The monoisotopic (exact) mass is 253 g/mol. The third-order valence-corrected chi connectivity index (χ3v) is 3.94. The lowest BCUT2D eigenvalue weighted by Crippen LogP contribution is -2.31. The van der Waals surface area contributed by atoms with Crippen molar-refractivity contribution >= 4 is 0 Å². The summed E-state index contributed by atoms with van der Waals surface area (Å²) in [5.74, 6) is 0.753. The van der Waals surface area contributed by atoms with Crippen LogP contribution in [0.2, 0.25) is 0 Å². The normalized spacial score (nSPS) is 18.4. The molecule has 1 aromatic carbocycles. The molecule has 2 rings (SSSR count). The van der Waals surface area contributed by atoms with Crippen molar-refractivity contribution in [1.82, 2.24) is 5.32 Å². The van der Waals surface area contributed by atoms with Crippen LogP contribution in [0.15, 0.2) is 24.3 Å². The second-order valence-corrected chi connectivity index (χ2v) is 5.26. The minimum atomic E-state index is -2.38. The van der Waals surface area contributed by atoms with Crippen molar-refractivity contribution in [2.75, 3.05) is 0 Å². The van der Waals surface area contributed by atoms with Gasteiger partial charge in [0, 0.05) is 18.2 Å². The topological polar surface area (TPSA) is 12.0 Å². The van der Waals surface area contributed by atoms with Gasteiger partial charge in [0.2, 0.25) is 0 Å². The van der Waals surface area contributed by atoms with Crippen LogP contribution in [0.25, 0.3) is 0 Å². The zero-order valence-electron chi connectivity index (χ0n) is 10.8. The van der Waals surface area contributed by atoms with Crippen LogP contribution in [-0.2, 0) is 6.54 Å². The maximum absolute atomic E-state index is 12.6. The van der Waals surface area contributed by atoms with Gasteiger partial charge in [-0.1, -0.05) is 31.0 Å². The van der Waals surface area contributed by atoms with E-state index in [0.29, 0.717) is 12.6 Å². The number of alkyl halides is 2. The van der Waals surface area contributed by atoms with Crippen LogP contribution in [0.4, 0.5) is 8.78 Å². The predicted octanol–water partition coefficient (Wildman–Crippen LogP) is 4.29. The highest BCUT2D eigenvalue weighted by molar-refractivity contribution is 5.24. The van der Waals surface area contributed by atoms with E-state index in [4.69, 9.17) is 0 Å². The maximum Gasteiger partial charge on any atom is 0.263 e. The SMILES string of the molecule is C[C@@H](NCc1cccc(C(F)F)c1)C1CCCC1. The summed E-state index contributed by atoms with van der Waals surface area (Å²) in [6.07, 6.45) is 2.88. The quantitative estimate of drug-likeness (QED) is 0.825. The molecule has 1 fully saturated rings. The summed E-state index contributed by atoms with van der Waals surface area (Å²) in [5, 5.41) is 3.46. The van der Waals surface area contributed by atoms with Gasteiger partial charge in [-0.2, -0.15) is 0 Å². The molecule has 0 bridgehead atoms. The average Bonchev–Trinajstić information content (AvgIpc) is 2.90. The van der Waals surface area contributed by atoms with E-state index in [0.717, 1.165) is 11.5 Å². The number of halogens is 2. The van der Waals surface area contributed by atoms with Crippen LogP contribution in [0.1, 0.15) is 50.2 Å². The van der Waals surface area contributed by atoms with Gasteiger partial charge in [0.25, 0.3) is 6.43 Å². The van der Waals surface area contributed by atoms with Gasteiger partial charge in [-0.05, 0) is 37.3 Å². The van der Waals surface area contributed by atoms with Gasteiger partial charge in [0.15, 0.2) is 0 Å². The van der Waals surface area contributed by atoms with E-state index in [1.165, 1.54) is 31.7 Å². The Bertz CT molecular complexity index is 373. The number of nitrogens with one attached hydrogen (secondary N) is 1. The van der Waals surface area contributed by atoms with E-state index < -0.39 is 6.43 Å². The number of hydrogen-bond acceptors (Lipinski definition) is 1. The summed E-state index contributed by atoms with van der Waals surface area (Å²) in [4.78, 5) is 0. The summed E-state index contributed by atoms with van der Waals surface area (Å²) in [7, 11) is 0. The Kier molecular flexibility index (Phi) is 4.70. The molecule has 1 nitrogen and oxygen atoms in total. The Morgan fingerprint density at radius 3 is 2.67 bits per heavy atom. The smallest absolute Gasteiger partial charge is 0.263 e. The van der Waals surface area contributed by atoms with E-state index in [1.807, 2.05) is 6.07 Å². The molecular formula is C15H21F2N. The Morgan fingerprint density at radius 2 is 2.00 bits per heavy atom. The van der Waals surface area contributed by atoms with Gasteiger partial charge in [0.1, 0.15) is 0 Å².